The van der Waals surface area contributed by atoms with Crippen LogP contribution in [-0.4, -0.2) is 66.1 Å². The first kappa shape index (κ1) is 23.5. The highest BCUT2D eigenvalue weighted by molar-refractivity contribution is 7.87. The molecule has 1 heterocycles. The lowest BCUT2D eigenvalue weighted by Gasteiger charge is -2.60. The predicted octanol–water partition coefficient (Wildman–Crippen LogP) is 1.27. The first-order chi connectivity index (χ1) is 16.3. The third-order valence-corrected chi connectivity index (χ3v) is 9.79. The van der Waals surface area contributed by atoms with Crippen LogP contribution in [0.25, 0.3) is 0 Å². The quantitative estimate of drug-likeness (QED) is 0.274. The Hall–Kier alpha value is -1.86. The van der Waals surface area contributed by atoms with Gasteiger partial charge in [0, 0.05) is 18.3 Å². The molecule has 0 radical (unpaired) electrons. The van der Waals surface area contributed by atoms with Crippen molar-refractivity contribution in [3.8, 4) is 0 Å². The van der Waals surface area contributed by atoms with Crippen molar-refractivity contribution in [3.05, 3.63) is 0 Å². The molecule has 1 aliphatic heterocycles. The molecule has 7 aliphatic rings. The van der Waals surface area contributed by atoms with Gasteiger partial charge in [0.05, 0.1) is 11.5 Å². The molecule has 0 amide bonds. The molecule has 7 rings (SSSR count). The maximum Gasteiger partial charge on any atom is 0.428 e. The van der Waals surface area contributed by atoms with E-state index in [1.165, 1.54) is 0 Å². The van der Waals surface area contributed by atoms with Crippen molar-refractivity contribution in [2.75, 3.05) is 6.61 Å². The molecular weight excluding hydrogens is 494 g/mol. The Morgan fingerprint density at radius 3 is 2.40 bits per heavy atom. The monoisotopic (exact) mass is 519 g/mol. The van der Waals surface area contributed by atoms with Gasteiger partial charge < -0.3 is 23.5 Å². The summed E-state index contributed by atoms with van der Waals surface area (Å²) in [5.41, 5.74) is -2.29. The molecule has 13 heteroatoms. The fourth-order valence-corrected chi connectivity index (χ4v) is 8.45. The largest absolute Gasteiger partial charge is 0.743 e. The second-order valence-corrected chi connectivity index (χ2v) is 12.8. The minimum absolute atomic E-state index is 0.0158. The fraction of sp³-hybridized carbons (Fsp3) is 0.864. The molecule has 0 aromatic heterocycles. The van der Waals surface area contributed by atoms with Gasteiger partial charge >= 0.3 is 23.2 Å². The maximum atomic E-state index is 13.8. The Labute approximate surface area is 199 Å². The molecule has 10 nitrogen and oxygen atoms in total. The van der Waals surface area contributed by atoms with E-state index in [0.717, 1.165) is 12.8 Å². The molecule has 35 heavy (non-hydrogen) atoms. The van der Waals surface area contributed by atoms with Gasteiger partial charge in [-0.1, -0.05) is 0 Å². The summed E-state index contributed by atoms with van der Waals surface area (Å²) in [5, 5.41) is -5.18. The number of carbonyl (C=O) groups excluding carboxylic acids is 3. The van der Waals surface area contributed by atoms with Gasteiger partial charge in [-0.05, 0) is 56.8 Å². The van der Waals surface area contributed by atoms with E-state index < -0.39 is 57.3 Å². The fourth-order valence-electron chi connectivity index (χ4n) is 8.20. The highest BCUT2D eigenvalue weighted by Gasteiger charge is 2.64. The van der Waals surface area contributed by atoms with Crippen LogP contribution >= 0.6 is 0 Å². The third kappa shape index (κ3) is 3.59. The molecule has 0 spiro atoms. The van der Waals surface area contributed by atoms with Crippen LogP contribution in [0.2, 0.25) is 0 Å². The zero-order valence-electron chi connectivity index (χ0n) is 18.7. The van der Waals surface area contributed by atoms with Crippen molar-refractivity contribution in [1.82, 2.24) is 0 Å². The van der Waals surface area contributed by atoms with Crippen LogP contribution in [0.1, 0.15) is 51.4 Å². The van der Waals surface area contributed by atoms with Gasteiger partial charge in [-0.15, -0.1) is 0 Å². The van der Waals surface area contributed by atoms with Crippen LogP contribution in [0.4, 0.5) is 8.78 Å². The molecular formula is C22H25F2O10S-. The van der Waals surface area contributed by atoms with Gasteiger partial charge in [-0.3, -0.25) is 4.79 Å². The number of fused-ring (bicyclic) bond motifs is 1. The minimum atomic E-state index is -6.23. The molecule has 0 N–H and O–H groups in total. The highest BCUT2D eigenvalue weighted by Crippen LogP contribution is 2.60. The van der Waals surface area contributed by atoms with Crippen molar-refractivity contribution in [1.29, 1.82) is 0 Å². The van der Waals surface area contributed by atoms with E-state index >= 15 is 0 Å². The molecule has 7 unspecified atom stereocenters. The zero-order valence-corrected chi connectivity index (χ0v) is 19.5. The topological polar surface area (TPSA) is 145 Å². The highest BCUT2D eigenvalue weighted by atomic mass is 32.2. The summed E-state index contributed by atoms with van der Waals surface area (Å²) in [7, 11) is -6.23. The van der Waals surface area contributed by atoms with Crippen molar-refractivity contribution in [3.63, 3.8) is 0 Å². The summed E-state index contributed by atoms with van der Waals surface area (Å²) >= 11 is 0. The molecule has 6 bridgehead atoms. The SMILES string of the molecule is O=C(COC12CC3CC(C1)CC(OC(=O)C(F)(F)S(=O)(=O)[O-])(C3)C2)OC1C2CC3C(=O)OC1C3C2. The van der Waals surface area contributed by atoms with E-state index in [-0.39, 0.29) is 54.8 Å². The number of halogens is 2. The molecule has 194 valence electrons. The van der Waals surface area contributed by atoms with Gasteiger partial charge in [0.2, 0.25) is 0 Å². The lowest BCUT2D eigenvalue weighted by molar-refractivity contribution is -0.242. The first-order valence-electron chi connectivity index (χ1n) is 11.9. The molecule has 7 fully saturated rings. The molecule has 6 saturated carbocycles. The average molecular weight is 519 g/mol. The van der Waals surface area contributed by atoms with Crippen LogP contribution in [0.5, 0.6) is 0 Å². The molecule has 0 aromatic carbocycles. The summed E-state index contributed by atoms with van der Waals surface area (Å²) in [4.78, 5) is 36.6. The van der Waals surface area contributed by atoms with Crippen molar-refractivity contribution in [2.24, 2.45) is 29.6 Å². The van der Waals surface area contributed by atoms with Crippen molar-refractivity contribution >= 4 is 28.0 Å². The van der Waals surface area contributed by atoms with Gasteiger partial charge in [0.1, 0.15) is 24.4 Å². The molecule has 7 atom stereocenters. The second kappa shape index (κ2) is 7.34. The second-order valence-electron chi connectivity index (χ2n) is 11.3. The third-order valence-electron chi connectivity index (χ3n) is 8.99. The van der Waals surface area contributed by atoms with Crippen LogP contribution in [-0.2, 0) is 43.4 Å². The van der Waals surface area contributed by atoms with Crippen LogP contribution < -0.4 is 0 Å². The predicted molar refractivity (Wildman–Crippen MR) is 106 cm³/mol. The smallest absolute Gasteiger partial charge is 0.428 e. The Morgan fingerprint density at radius 2 is 1.74 bits per heavy atom. The Bertz CT molecular complexity index is 1080. The normalized spacial score (nSPS) is 45.0. The number of hydrogen-bond donors (Lipinski definition) is 0. The average Bonchev–Trinajstić information content (AvgIpc) is 3.35. The van der Waals surface area contributed by atoms with E-state index in [2.05, 4.69) is 0 Å². The Kier molecular flexibility index (Phi) is 4.94. The molecule has 1 saturated heterocycles. The number of hydrogen-bond acceptors (Lipinski definition) is 10. The standard InChI is InChI=1S/C22H26F2O10S/c23-22(24,35(28,29)30)19(27)34-21-6-10-1-11(7-21)5-20(4-10,9-21)31-8-15(25)32-16-12-2-13-14(3-12)18(26)33-17(13)16/h10-14,16-17H,1-9H2,(H,28,29,30)/p-1. The van der Waals surface area contributed by atoms with E-state index in [1.807, 2.05) is 0 Å². The summed E-state index contributed by atoms with van der Waals surface area (Å²) in [6, 6.07) is 0. The van der Waals surface area contributed by atoms with E-state index in [0.29, 0.717) is 19.3 Å². The number of alkyl halides is 2. The van der Waals surface area contributed by atoms with Crippen LogP contribution in [0.15, 0.2) is 0 Å². The van der Waals surface area contributed by atoms with Crippen molar-refractivity contribution in [2.45, 2.75) is 80.0 Å². The van der Waals surface area contributed by atoms with E-state index in [1.54, 1.807) is 0 Å². The Balaban J connectivity index is 1.11. The minimum Gasteiger partial charge on any atom is -0.743 e. The number of ether oxygens (including phenoxy) is 4. The number of rotatable bonds is 7. The lowest BCUT2D eigenvalue weighted by Crippen LogP contribution is -2.62. The Morgan fingerprint density at radius 1 is 1.09 bits per heavy atom. The van der Waals surface area contributed by atoms with Gasteiger partial charge in [0.25, 0.3) is 0 Å². The summed E-state index contributed by atoms with van der Waals surface area (Å²) < 4.78 is 82.3. The summed E-state index contributed by atoms with van der Waals surface area (Å²) in [6.07, 6.45) is 2.93. The summed E-state index contributed by atoms with van der Waals surface area (Å²) in [5.74, 6) is -3.20. The van der Waals surface area contributed by atoms with Crippen LogP contribution in [0, 0.1) is 29.6 Å². The summed E-state index contributed by atoms with van der Waals surface area (Å²) in [6.45, 7) is -0.396. The van der Waals surface area contributed by atoms with E-state index in [4.69, 9.17) is 18.9 Å². The first-order valence-corrected chi connectivity index (χ1v) is 13.3. The van der Waals surface area contributed by atoms with E-state index in [9.17, 15) is 36.1 Å². The van der Waals surface area contributed by atoms with Gasteiger partial charge in [-0.2, -0.15) is 8.78 Å². The van der Waals surface area contributed by atoms with Crippen LogP contribution in [0.3, 0.4) is 0 Å². The molecule has 6 aliphatic carbocycles. The number of carbonyl (C=O) groups is 3. The zero-order chi connectivity index (χ0) is 25.0. The lowest BCUT2D eigenvalue weighted by atomic mass is 9.52. The van der Waals surface area contributed by atoms with Gasteiger partial charge in [0.15, 0.2) is 10.1 Å². The maximum absolute atomic E-state index is 13.8. The molecule has 0 aromatic rings. The van der Waals surface area contributed by atoms with Crippen molar-refractivity contribution < 1.29 is 55.1 Å². The van der Waals surface area contributed by atoms with Gasteiger partial charge in [-0.25, -0.2) is 18.0 Å². The number of esters is 3.